The Morgan fingerprint density at radius 3 is 1.46 bits per heavy atom. The van der Waals surface area contributed by atoms with Gasteiger partial charge in [-0.05, 0) is 89.9 Å². The second kappa shape index (κ2) is 40.4. The molecule has 1 amide bonds. The van der Waals surface area contributed by atoms with Crippen LogP contribution in [0.25, 0.3) is 0 Å². The molecule has 1 saturated heterocycles. The minimum Gasteiger partial charge on any atom is -0.394 e. The van der Waals surface area contributed by atoms with E-state index in [0.29, 0.717) is 12.8 Å². The molecule has 9 nitrogen and oxygen atoms in total. The molecular formula is C52H81NO8. The molecule has 0 saturated carbocycles. The molecule has 0 spiro atoms. The average molecular weight is 848 g/mol. The van der Waals surface area contributed by atoms with Gasteiger partial charge >= 0.3 is 0 Å². The zero-order chi connectivity index (χ0) is 44.4. The molecular weight excluding hydrogens is 767 g/mol. The summed E-state index contributed by atoms with van der Waals surface area (Å²) in [5.74, 6) is -0.222. The van der Waals surface area contributed by atoms with E-state index < -0.39 is 49.5 Å². The topological polar surface area (TPSA) is 149 Å². The number of hydrogen-bond acceptors (Lipinski definition) is 8. The van der Waals surface area contributed by atoms with E-state index in [9.17, 15) is 30.3 Å². The summed E-state index contributed by atoms with van der Waals surface area (Å²) in [6.45, 7) is 3.38. The normalized spacial score (nSPS) is 21.7. The van der Waals surface area contributed by atoms with Crippen LogP contribution in [0.1, 0.15) is 129 Å². The van der Waals surface area contributed by atoms with Crippen molar-refractivity contribution in [2.75, 3.05) is 13.2 Å². The lowest BCUT2D eigenvalue weighted by Crippen LogP contribution is -2.60. The van der Waals surface area contributed by atoms with Gasteiger partial charge in [-0.25, -0.2) is 0 Å². The van der Waals surface area contributed by atoms with E-state index in [1.807, 2.05) is 13.0 Å². The van der Waals surface area contributed by atoms with Crippen molar-refractivity contribution in [1.82, 2.24) is 5.32 Å². The van der Waals surface area contributed by atoms with Crippen molar-refractivity contribution in [2.24, 2.45) is 0 Å². The van der Waals surface area contributed by atoms with Gasteiger partial charge < -0.3 is 40.3 Å². The lowest BCUT2D eigenvalue weighted by molar-refractivity contribution is -0.302. The van der Waals surface area contributed by atoms with Crippen LogP contribution in [0.5, 0.6) is 0 Å². The Labute approximate surface area is 369 Å². The number of nitrogens with one attached hydrogen (secondary N) is 1. The number of aliphatic hydroxyl groups is 5. The van der Waals surface area contributed by atoms with Gasteiger partial charge in [0.1, 0.15) is 24.4 Å². The van der Waals surface area contributed by atoms with Crippen LogP contribution in [0.2, 0.25) is 0 Å². The summed E-state index contributed by atoms with van der Waals surface area (Å²) in [5, 5.41) is 53.3. The summed E-state index contributed by atoms with van der Waals surface area (Å²) >= 11 is 0. The number of unbranched alkanes of at least 4 members (excludes halogenated alkanes) is 5. The minimum atomic E-state index is -1.58. The highest BCUT2D eigenvalue weighted by atomic mass is 16.7. The molecule has 0 radical (unpaired) electrons. The highest BCUT2D eigenvalue weighted by Crippen LogP contribution is 2.22. The summed E-state index contributed by atoms with van der Waals surface area (Å²) in [6, 6.07) is -0.824. The first-order chi connectivity index (χ1) is 29.8. The molecule has 0 bridgehead atoms. The third kappa shape index (κ3) is 30.9. The predicted octanol–water partition coefficient (Wildman–Crippen LogP) is 9.83. The molecule has 6 N–H and O–H groups in total. The van der Waals surface area contributed by atoms with Gasteiger partial charge in [-0.2, -0.15) is 0 Å². The summed E-state index contributed by atoms with van der Waals surface area (Å²) in [5.41, 5.74) is 0. The molecule has 1 rings (SSSR count). The number of amides is 1. The Kier molecular flexibility index (Phi) is 36.7. The molecule has 1 fully saturated rings. The van der Waals surface area contributed by atoms with Gasteiger partial charge in [0.25, 0.3) is 0 Å². The molecule has 0 aliphatic carbocycles. The van der Waals surface area contributed by atoms with E-state index in [2.05, 4.69) is 134 Å². The lowest BCUT2D eigenvalue weighted by Gasteiger charge is -2.40. The van der Waals surface area contributed by atoms with E-state index in [1.165, 1.54) is 0 Å². The van der Waals surface area contributed by atoms with Crippen molar-refractivity contribution in [2.45, 2.75) is 172 Å². The number of aliphatic hydroxyl groups excluding tert-OH is 5. The van der Waals surface area contributed by atoms with Gasteiger partial charge in [-0.1, -0.05) is 167 Å². The van der Waals surface area contributed by atoms with Crippen LogP contribution in [0.15, 0.2) is 134 Å². The van der Waals surface area contributed by atoms with Crippen molar-refractivity contribution in [3.8, 4) is 0 Å². The maximum atomic E-state index is 12.8. The Hall–Kier alpha value is -3.67. The first kappa shape index (κ1) is 55.3. The van der Waals surface area contributed by atoms with Crippen LogP contribution in [-0.2, 0) is 14.3 Å². The molecule has 1 aliphatic heterocycles. The molecule has 1 heterocycles. The SMILES string of the molecule is CC/C=C\C/C=C\C/C=C\C/C=C\C/C=C\C/C=C\C/C=C\C/C=C\C/C=C\C/C=C\CCCCCCC(=O)NC(COC1OC(CO)C(O)C(O)C1O)C(O)/C=C/CCC. The first-order valence-electron chi connectivity index (χ1n) is 22.9. The van der Waals surface area contributed by atoms with Crippen molar-refractivity contribution in [3.63, 3.8) is 0 Å². The molecule has 0 aromatic carbocycles. The van der Waals surface area contributed by atoms with Gasteiger partial charge in [0, 0.05) is 6.42 Å². The zero-order valence-electron chi connectivity index (χ0n) is 37.3. The highest BCUT2D eigenvalue weighted by Gasteiger charge is 2.44. The maximum absolute atomic E-state index is 12.8. The fourth-order valence-electron chi connectivity index (χ4n) is 6.07. The largest absolute Gasteiger partial charge is 0.394 e. The number of allylic oxidation sites excluding steroid dienone is 21. The molecule has 1 aliphatic rings. The standard InChI is InChI=1S/C52H81NO8/c1-3-5-7-8-9-10-11-12-13-14-15-16-17-18-19-20-21-22-23-24-25-26-27-28-29-30-31-32-33-34-35-36-37-38-40-42-48(56)53-45(46(55)41-39-6-4-2)44-60-52-51(59)50(58)49(57)47(43-54)61-52/h5,7,9-10,12-13,15-16,18-19,21-22,24-25,27-28,30-31,33-34,39,41,45-47,49-52,54-55,57-59H,3-4,6,8,11,14,17,20,23,26,29,32,35-38,40,42-44H2,1-2H3,(H,53,56)/b7-5-,10-9-,13-12-,16-15-,19-18-,22-21-,25-24-,28-27-,31-30-,34-33-,41-39+. The van der Waals surface area contributed by atoms with Crippen LogP contribution in [0.3, 0.4) is 0 Å². The quantitative estimate of drug-likeness (QED) is 0.0273. The predicted molar refractivity (Wildman–Crippen MR) is 253 cm³/mol. The second-order valence-electron chi connectivity index (χ2n) is 15.1. The van der Waals surface area contributed by atoms with E-state index >= 15 is 0 Å². The van der Waals surface area contributed by atoms with E-state index in [4.69, 9.17) is 9.47 Å². The Bertz CT molecular complexity index is 1400. The van der Waals surface area contributed by atoms with Crippen molar-refractivity contribution in [3.05, 3.63) is 134 Å². The molecule has 61 heavy (non-hydrogen) atoms. The molecule has 7 unspecified atom stereocenters. The molecule has 0 aromatic heterocycles. The molecule has 7 atom stereocenters. The van der Waals surface area contributed by atoms with Crippen LogP contribution in [0.4, 0.5) is 0 Å². The van der Waals surface area contributed by atoms with Gasteiger partial charge in [0.2, 0.25) is 5.91 Å². The van der Waals surface area contributed by atoms with Crippen molar-refractivity contribution >= 4 is 5.91 Å². The second-order valence-corrected chi connectivity index (χ2v) is 15.1. The van der Waals surface area contributed by atoms with Crippen molar-refractivity contribution < 1.29 is 39.8 Å². The third-order valence-corrected chi connectivity index (χ3v) is 9.71. The van der Waals surface area contributed by atoms with Crippen molar-refractivity contribution in [1.29, 1.82) is 0 Å². The number of carbonyl (C=O) groups excluding carboxylic acids is 1. The Balaban J connectivity index is 2.12. The summed E-state index contributed by atoms with van der Waals surface area (Å²) in [7, 11) is 0. The fourth-order valence-corrected chi connectivity index (χ4v) is 6.07. The molecule has 342 valence electrons. The molecule has 9 heteroatoms. The van der Waals surface area contributed by atoms with Gasteiger partial charge in [0.15, 0.2) is 6.29 Å². The van der Waals surface area contributed by atoms with E-state index in [1.54, 1.807) is 6.08 Å². The summed E-state index contributed by atoms with van der Waals surface area (Å²) < 4.78 is 11.0. The summed E-state index contributed by atoms with van der Waals surface area (Å²) in [6.07, 6.45) is 56.0. The maximum Gasteiger partial charge on any atom is 0.220 e. The van der Waals surface area contributed by atoms with Gasteiger partial charge in [-0.15, -0.1) is 0 Å². The Morgan fingerprint density at radius 2 is 1.02 bits per heavy atom. The van der Waals surface area contributed by atoms with Crippen LogP contribution in [0, 0.1) is 0 Å². The minimum absolute atomic E-state index is 0.214. The number of rotatable bonds is 35. The number of hydrogen-bond donors (Lipinski definition) is 6. The summed E-state index contributed by atoms with van der Waals surface area (Å²) in [4.78, 5) is 12.8. The number of ether oxygens (including phenoxy) is 2. The van der Waals surface area contributed by atoms with E-state index in [-0.39, 0.29) is 12.5 Å². The number of carbonyl (C=O) groups is 1. The Morgan fingerprint density at radius 1 is 0.574 bits per heavy atom. The average Bonchev–Trinajstić information content (AvgIpc) is 3.26. The van der Waals surface area contributed by atoms with Gasteiger partial charge in [0.05, 0.1) is 25.4 Å². The zero-order valence-corrected chi connectivity index (χ0v) is 37.3. The monoisotopic (exact) mass is 848 g/mol. The highest BCUT2D eigenvalue weighted by molar-refractivity contribution is 5.76. The van der Waals surface area contributed by atoms with Crippen LogP contribution >= 0.6 is 0 Å². The van der Waals surface area contributed by atoms with Crippen LogP contribution in [-0.4, -0.2) is 87.5 Å². The molecule has 0 aromatic rings. The van der Waals surface area contributed by atoms with E-state index in [0.717, 1.165) is 103 Å². The third-order valence-electron chi connectivity index (χ3n) is 9.71. The smallest absolute Gasteiger partial charge is 0.220 e. The lowest BCUT2D eigenvalue weighted by atomic mass is 9.99. The van der Waals surface area contributed by atoms with Gasteiger partial charge in [-0.3, -0.25) is 4.79 Å². The first-order valence-corrected chi connectivity index (χ1v) is 22.9. The van der Waals surface area contributed by atoms with Crippen LogP contribution < -0.4 is 5.32 Å². The fraction of sp³-hybridized carbons (Fsp3) is 0.558.